The average molecular weight is 358 g/mol. The molecule has 0 spiro atoms. The Hall–Kier alpha value is -3.55. The predicted octanol–water partition coefficient (Wildman–Crippen LogP) is 2.51. The van der Waals surface area contributed by atoms with E-state index in [1.54, 1.807) is 0 Å². The molecule has 0 radical (unpaired) electrons. The summed E-state index contributed by atoms with van der Waals surface area (Å²) in [5.41, 5.74) is -0.610. The molecule has 3 aromatic rings. The number of benzene rings is 2. The zero-order valence-electron chi connectivity index (χ0n) is 14.1. The van der Waals surface area contributed by atoms with Crippen molar-refractivity contribution in [1.82, 2.24) is 0 Å². The molecule has 1 heterocycles. The molecule has 0 atom stereocenters. The minimum Gasteiger partial charge on any atom is -0.507 e. The number of hydrogen-bond acceptors (Lipinski definition) is 8. The Balaban J connectivity index is 2.44. The summed E-state index contributed by atoms with van der Waals surface area (Å²) in [6, 6.07) is 5.36. The van der Waals surface area contributed by atoms with Crippen LogP contribution in [-0.2, 0) is 9.59 Å². The summed E-state index contributed by atoms with van der Waals surface area (Å²) in [7, 11) is 1.39. The van der Waals surface area contributed by atoms with Gasteiger partial charge in [0, 0.05) is 26.0 Å². The number of fused-ring (bicyclic) bond motifs is 2. The number of carbonyl (C=O) groups is 2. The van der Waals surface area contributed by atoms with Crippen molar-refractivity contribution < 1.29 is 33.3 Å². The van der Waals surface area contributed by atoms with E-state index < -0.39 is 17.4 Å². The first-order valence-electron chi connectivity index (χ1n) is 7.49. The highest BCUT2D eigenvalue weighted by molar-refractivity contribution is 5.97. The van der Waals surface area contributed by atoms with E-state index in [9.17, 15) is 19.5 Å². The Kier molecular flexibility index (Phi) is 4.25. The molecule has 0 fully saturated rings. The highest BCUT2D eigenvalue weighted by atomic mass is 16.6. The number of ether oxygens (including phenoxy) is 3. The largest absolute Gasteiger partial charge is 0.507 e. The summed E-state index contributed by atoms with van der Waals surface area (Å²) in [4.78, 5) is 35.5. The molecular weight excluding hydrogens is 344 g/mol. The predicted molar refractivity (Wildman–Crippen MR) is 90.8 cm³/mol. The Morgan fingerprint density at radius 3 is 2.38 bits per heavy atom. The Labute approximate surface area is 146 Å². The fourth-order valence-corrected chi connectivity index (χ4v) is 2.55. The molecule has 0 aliphatic carbocycles. The SMILES string of the molecule is COc1cc(O)c2c(=O)c3ccc(OC(C)=O)c(OC(C)=O)c3oc2c1. The zero-order valence-corrected chi connectivity index (χ0v) is 14.1. The van der Waals surface area contributed by atoms with Crippen molar-refractivity contribution in [2.24, 2.45) is 0 Å². The van der Waals surface area contributed by atoms with Gasteiger partial charge in [-0.2, -0.15) is 0 Å². The van der Waals surface area contributed by atoms with Gasteiger partial charge in [0.25, 0.3) is 0 Å². The fourth-order valence-electron chi connectivity index (χ4n) is 2.55. The van der Waals surface area contributed by atoms with Gasteiger partial charge in [-0.3, -0.25) is 14.4 Å². The van der Waals surface area contributed by atoms with Gasteiger partial charge in [0.05, 0.1) is 12.5 Å². The summed E-state index contributed by atoms with van der Waals surface area (Å²) in [6.07, 6.45) is 0. The van der Waals surface area contributed by atoms with E-state index in [0.717, 1.165) is 6.92 Å². The molecule has 3 rings (SSSR count). The molecule has 0 bridgehead atoms. The second kappa shape index (κ2) is 6.40. The van der Waals surface area contributed by atoms with Crippen molar-refractivity contribution in [2.45, 2.75) is 13.8 Å². The Bertz CT molecular complexity index is 1110. The van der Waals surface area contributed by atoms with Crippen LogP contribution in [0, 0.1) is 0 Å². The number of hydrogen-bond donors (Lipinski definition) is 1. The van der Waals surface area contributed by atoms with Crippen LogP contribution in [0.2, 0.25) is 0 Å². The van der Waals surface area contributed by atoms with Gasteiger partial charge >= 0.3 is 11.9 Å². The van der Waals surface area contributed by atoms with Crippen LogP contribution in [0.4, 0.5) is 0 Å². The molecule has 0 saturated heterocycles. The van der Waals surface area contributed by atoms with Crippen LogP contribution in [-0.4, -0.2) is 24.2 Å². The third kappa shape index (κ3) is 2.92. The fraction of sp³-hybridized carbons (Fsp3) is 0.167. The lowest BCUT2D eigenvalue weighted by atomic mass is 10.1. The standard InChI is InChI=1S/C18H14O8/c1-8(19)24-13-5-4-11-16(22)15-12(21)6-10(23-3)7-14(15)26-17(11)18(13)25-9(2)20/h4-7,21H,1-3H3. The average Bonchev–Trinajstić information content (AvgIpc) is 2.55. The summed E-state index contributed by atoms with van der Waals surface area (Å²) < 4.78 is 20.9. The first-order chi connectivity index (χ1) is 12.3. The van der Waals surface area contributed by atoms with Crippen molar-refractivity contribution >= 4 is 33.9 Å². The van der Waals surface area contributed by atoms with Gasteiger partial charge in [-0.1, -0.05) is 0 Å². The van der Waals surface area contributed by atoms with E-state index in [1.165, 1.54) is 38.3 Å². The highest BCUT2D eigenvalue weighted by Crippen LogP contribution is 2.38. The van der Waals surface area contributed by atoms with Crippen molar-refractivity contribution in [3.8, 4) is 23.0 Å². The van der Waals surface area contributed by atoms with Crippen LogP contribution in [0.5, 0.6) is 23.0 Å². The molecule has 0 saturated carbocycles. The van der Waals surface area contributed by atoms with Crippen molar-refractivity contribution in [3.05, 3.63) is 34.5 Å². The molecule has 2 aromatic carbocycles. The van der Waals surface area contributed by atoms with Gasteiger partial charge < -0.3 is 23.7 Å². The number of carbonyl (C=O) groups excluding carboxylic acids is 2. The Morgan fingerprint density at radius 2 is 1.77 bits per heavy atom. The number of esters is 2. The third-order valence-electron chi connectivity index (χ3n) is 3.55. The summed E-state index contributed by atoms with van der Waals surface area (Å²) >= 11 is 0. The van der Waals surface area contributed by atoms with Crippen LogP contribution >= 0.6 is 0 Å². The zero-order chi connectivity index (χ0) is 19.0. The van der Waals surface area contributed by atoms with Gasteiger partial charge in [-0.25, -0.2) is 0 Å². The normalized spacial score (nSPS) is 10.7. The molecule has 1 N–H and O–H groups in total. The number of aromatic hydroxyl groups is 1. The summed E-state index contributed by atoms with van der Waals surface area (Å²) in [5.74, 6) is -1.65. The van der Waals surface area contributed by atoms with E-state index in [2.05, 4.69) is 0 Å². The molecular formula is C18H14O8. The number of phenolic OH excluding ortho intramolecular Hbond substituents is 1. The second-order valence-corrected chi connectivity index (χ2v) is 5.41. The smallest absolute Gasteiger partial charge is 0.308 e. The first kappa shape index (κ1) is 17.3. The lowest BCUT2D eigenvalue weighted by Gasteiger charge is -2.12. The quantitative estimate of drug-likeness (QED) is 0.432. The van der Waals surface area contributed by atoms with Gasteiger partial charge in [-0.05, 0) is 12.1 Å². The lowest BCUT2D eigenvalue weighted by Crippen LogP contribution is -2.10. The maximum Gasteiger partial charge on any atom is 0.308 e. The van der Waals surface area contributed by atoms with Crippen molar-refractivity contribution in [1.29, 1.82) is 0 Å². The van der Waals surface area contributed by atoms with Crippen molar-refractivity contribution in [3.63, 3.8) is 0 Å². The van der Waals surface area contributed by atoms with E-state index in [-0.39, 0.29) is 44.9 Å². The maximum absolute atomic E-state index is 12.8. The third-order valence-corrected chi connectivity index (χ3v) is 3.55. The summed E-state index contributed by atoms with van der Waals surface area (Å²) in [5, 5.41) is 10.1. The van der Waals surface area contributed by atoms with E-state index in [1.807, 2.05) is 0 Å². The van der Waals surface area contributed by atoms with Crippen LogP contribution in [0.3, 0.4) is 0 Å². The molecule has 0 amide bonds. The molecule has 0 aliphatic heterocycles. The van der Waals surface area contributed by atoms with Crippen LogP contribution in [0.1, 0.15) is 13.8 Å². The van der Waals surface area contributed by atoms with E-state index >= 15 is 0 Å². The summed E-state index contributed by atoms with van der Waals surface area (Å²) in [6.45, 7) is 2.34. The lowest BCUT2D eigenvalue weighted by molar-refractivity contribution is -0.134. The maximum atomic E-state index is 12.8. The molecule has 8 nitrogen and oxygen atoms in total. The van der Waals surface area contributed by atoms with Crippen molar-refractivity contribution in [2.75, 3.05) is 7.11 Å². The van der Waals surface area contributed by atoms with Gasteiger partial charge in [0.1, 0.15) is 22.5 Å². The highest BCUT2D eigenvalue weighted by Gasteiger charge is 2.21. The number of rotatable bonds is 3. The van der Waals surface area contributed by atoms with Crippen LogP contribution in [0.25, 0.3) is 21.9 Å². The molecule has 0 unspecified atom stereocenters. The van der Waals surface area contributed by atoms with Crippen LogP contribution < -0.4 is 19.6 Å². The van der Waals surface area contributed by atoms with E-state index in [0.29, 0.717) is 0 Å². The second-order valence-electron chi connectivity index (χ2n) is 5.41. The van der Waals surface area contributed by atoms with Crippen LogP contribution in [0.15, 0.2) is 33.5 Å². The van der Waals surface area contributed by atoms with Gasteiger partial charge in [0.15, 0.2) is 11.3 Å². The molecule has 8 heteroatoms. The molecule has 134 valence electrons. The molecule has 1 aromatic heterocycles. The first-order valence-corrected chi connectivity index (χ1v) is 7.49. The minimum atomic E-state index is -0.692. The number of methoxy groups -OCH3 is 1. The topological polar surface area (TPSA) is 112 Å². The van der Waals surface area contributed by atoms with Gasteiger partial charge in [-0.15, -0.1) is 0 Å². The Morgan fingerprint density at radius 1 is 1.08 bits per heavy atom. The van der Waals surface area contributed by atoms with Gasteiger partial charge in [0.2, 0.25) is 11.2 Å². The molecule has 26 heavy (non-hydrogen) atoms. The van der Waals surface area contributed by atoms with E-state index in [4.69, 9.17) is 18.6 Å². The minimum absolute atomic E-state index is 0.0210. The number of phenols is 1. The molecule has 0 aliphatic rings. The monoisotopic (exact) mass is 358 g/mol.